The number of hydrogen-bond acceptors (Lipinski definition) is 3. The van der Waals surface area contributed by atoms with Gasteiger partial charge in [-0.25, -0.2) is 0 Å². The van der Waals surface area contributed by atoms with E-state index in [1.54, 1.807) is 0 Å². The third-order valence-corrected chi connectivity index (χ3v) is 2.50. The summed E-state index contributed by atoms with van der Waals surface area (Å²) in [5, 5.41) is 11.8. The Labute approximate surface area is 92.0 Å². The zero-order valence-electron chi connectivity index (χ0n) is 10.2. The lowest BCUT2D eigenvalue weighted by Gasteiger charge is -2.24. The first-order valence-electron chi connectivity index (χ1n) is 5.53. The minimum Gasteiger partial charge on any atom is -0.480 e. The molecule has 4 nitrogen and oxygen atoms in total. The number of nitrogens with one attached hydrogen (secondary N) is 1. The van der Waals surface area contributed by atoms with Crippen LogP contribution in [0.4, 0.5) is 0 Å². The van der Waals surface area contributed by atoms with E-state index in [0.717, 1.165) is 6.42 Å². The number of rotatable bonds is 8. The maximum absolute atomic E-state index is 10.8. The Hall–Kier alpha value is -0.610. The Kier molecular flexibility index (Phi) is 6.52. The van der Waals surface area contributed by atoms with Crippen LogP contribution in [0, 0.1) is 0 Å². The van der Waals surface area contributed by atoms with Gasteiger partial charge in [-0.3, -0.25) is 4.79 Å². The molecule has 0 radical (unpaired) electrons. The van der Waals surface area contributed by atoms with Gasteiger partial charge in [0, 0.05) is 6.61 Å². The zero-order chi connectivity index (χ0) is 11.9. The number of carbonyl (C=O) groups is 1. The lowest BCUT2D eigenvalue weighted by Crippen LogP contribution is -2.38. The molecular weight excluding hydrogens is 194 g/mol. The van der Waals surface area contributed by atoms with Crippen LogP contribution in [0.15, 0.2) is 0 Å². The molecule has 90 valence electrons. The largest absolute Gasteiger partial charge is 0.480 e. The van der Waals surface area contributed by atoms with E-state index < -0.39 is 12.0 Å². The molecular formula is C11H23NO3. The van der Waals surface area contributed by atoms with Crippen LogP contribution in [-0.2, 0) is 9.53 Å². The number of hydrogen-bond donors (Lipinski definition) is 2. The van der Waals surface area contributed by atoms with E-state index in [9.17, 15) is 4.79 Å². The highest BCUT2D eigenvalue weighted by molar-refractivity contribution is 5.73. The van der Waals surface area contributed by atoms with Gasteiger partial charge in [-0.15, -0.1) is 0 Å². The van der Waals surface area contributed by atoms with E-state index in [2.05, 4.69) is 12.2 Å². The highest BCUT2D eigenvalue weighted by Crippen LogP contribution is 2.13. The average Bonchev–Trinajstić information content (AvgIpc) is 2.16. The van der Waals surface area contributed by atoms with Crippen LogP contribution >= 0.6 is 0 Å². The quantitative estimate of drug-likeness (QED) is 0.649. The van der Waals surface area contributed by atoms with Gasteiger partial charge >= 0.3 is 5.97 Å². The lowest BCUT2D eigenvalue weighted by atomic mass is 10.1. The molecule has 0 spiro atoms. The molecule has 0 aliphatic rings. The Morgan fingerprint density at radius 1 is 1.47 bits per heavy atom. The van der Waals surface area contributed by atoms with Crippen molar-refractivity contribution < 1.29 is 14.6 Å². The molecule has 0 heterocycles. The van der Waals surface area contributed by atoms with Crippen molar-refractivity contribution in [2.75, 3.05) is 13.2 Å². The van der Waals surface area contributed by atoms with Crippen LogP contribution in [-0.4, -0.2) is 35.9 Å². The Balaban J connectivity index is 3.85. The van der Waals surface area contributed by atoms with Gasteiger partial charge < -0.3 is 15.2 Å². The van der Waals surface area contributed by atoms with E-state index in [1.165, 1.54) is 0 Å². The van der Waals surface area contributed by atoms with Gasteiger partial charge in [-0.1, -0.05) is 13.8 Å². The second-order valence-corrected chi connectivity index (χ2v) is 4.20. The summed E-state index contributed by atoms with van der Waals surface area (Å²) in [5.74, 6) is -0.810. The fraction of sp³-hybridized carbons (Fsp3) is 0.909. The monoisotopic (exact) mass is 217 g/mol. The van der Waals surface area contributed by atoms with E-state index >= 15 is 0 Å². The molecule has 0 aromatic rings. The first-order chi connectivity index (χ1) is 6.93. The molecule has 15 heavy (non-hydrogen) atoms. The molecule has 0 rings (SSSR count). The molecule has 0 saturated heterocycles. The SMILES string of the molecule is CCNC(CCOC(C)(C)CC)C(=O)O. The topological polar surface area (TPSA) is 58.6 Å². The van der Waals surface area contributed by atoms with E-state index in [-0.39, 0.29) is 5.60 Å². The second kappa shape index (κ2) is 6.80. The molecule has 4 heteroatoms. The summed E-state index contributed by atoms with van der Waals surface area (Å²) in [6, 6.07) is -0.498. The van der Waals surface area contributed by atoms with Crippen molar-refractivity contribution in [1.29, 1.82) is 0 Å². The minimum absolute atomic E-state index is 0.157. The summed E-state index contributed by atoms with van der Waals surface area (Å²) >= 11 is 0. The van der Waals surface area contributed by atoms with Gasteiger partial charge in [0.25, 0.3) is 0 Å². The van der Waals surface area contributed by atoms with Gasteiger partial charge in [-0.05, 0) is 33.2 Å². The smallest absolute Gasteiger partial charge is 0.320 e. The summed E-state index contributed by atoms with van der Waals surface area (Å²) in [5.41, 5.74) is -0.157. The van der Waals surface area contributed by atoms with Crippen molar-refractivity contribution >= 4 is 5.97 Å². The number of aliphatic carboxylic acids is 1. The molecule has 0 fully saturated rings. The van der Waals surface area contributed by atoms with Gasteiger partial charge in [0.05, 0.1) is 5.60 Å². The lowest BCUT2D eigenvalue weighted by molar-refractivity contribution is -0.140. The van der Waals surface area contributed by atoms with Gasteiger partial charge in [0.15, 0.2) is 0 Å². The fourth-order valence-electron chi connectivity index (χ4n) is 1.11. The first-order valence-corrected chi connectivity index (χ1v) is 5.53. The molecule has 0 aromatic heterocycles. The molecule has 0 aliphatic carbocycles. The first kappa shape index (κ1) is 14.4. The predicted molar refractivity (Wildman–Crippen MR) is 60.0 cm³/mol. The van der Waals surface area contributed by atoms with Crippen LogP contribution in [0.25, 0.3) is 0 Å². The van der Waals surface area contributed by atoms with E-state index in [1.807, 2.05) is 20.8 Å². The summed E-state index contributed by atoms with van der Waals surface area (Å²) in [7, 11) is 0. The molecule has 1 unspecified atom stereocenters. The van der Waals surface area contributed by atoms with Crippen LogP contribution in [0.3, 0.4) is 0 Å². The van der Waals surface area contributed by atoms with Crippen molar-refractivity contribution in [2.45, 2.75) is 52.2 Å². The standard InChI is InChI=1S/C11H23NO3/c1-5-11(3,4)15-8-7-9(10(13)14)12-6-2/h9,12H,5-8H2,1-4H3,(H,13,14). The van der Waals surface area contributed by atoms with Crippen LogP contribution in [0.5, 0.6) is 0 Å². The number of carboxylic acid groups (broad SMARTS) is 1. The maximum Gasteiger partial charge on any atom is 0.320 e. The zero-order valence-corrected chi connectivity index (χ0v) is 10.2. The van der Waals surface area contributed by atoms with Crippen molar-refractivity contribution in [3.8, 4) is 0 Å². The summed E-state index contributed by atoms with van der Waals surface area (Å²) in [6.45, 7) is 9.11. The van der Waals surface area contributed by atoms with E-state index in [0.29, 0.717) is 19.6 Å². The van der Waals surface area contributed by atoms with Gasteiger partial charge in [0.1, 0.15) is 6.04 Å². The average molecular weight is 217 g/mol. The summed E-state index contributed by atoms with van der Waals surface area (Å²) in [6.07, 6.45) is 1.43. The van der Waals surface area contributed by atoms with Crippen LogP contribution < -0.4 is 5.32 Å². The molecule has 1 atom stereocenters. The number of carboxylic acids is 1. The number of likely N-dealkylation sites (N-methyl/N-ethyl adjacent to an activating group) is 1. The fourth-order valence-corrected chi connectivity index (χ4v) is 1.11. The molecule has 0 aromatic carbocycles. The molecule has 0 saturated carbocycles. The third-order valence-electron chi connectivity index (χ3n) is 2.50. The molecule has 0 amide bonds. The van der Waals surface area contributed by atoms with Crippen molar-refractivity contribution in [1.82, 2.24) is 5.32 Å². The highest BCUT2D eigenvalue weighted by atomic mass is 16.5. The minimum atomic E-state index is -0.810. The normalized spacial score (nSPS) is 13.9. The van der Waals surface area contributed by atoms with Crippen LogP contribution in [0.2, 0.25) is 0 Å². The predicted octanol–water partition coefficient (Wildman–Crippen LogP) is 1.64. The Morgan fingerprint density at radius 3 is 2.47 bits per heavy atom. The van der Waals surface area contributed by atoms with Crippen LogP contribution in [0.1, 0.15) is 40.5 Å². The van der Waals surface area contributed by atoms with Gasteiger partial charge in [-0.2, -0.15) is 0 Å². The van der Waals surface area contributed by atoms with E-state index in [4.69, 9.17) is 9.84 Å². The summed E-state index contributed by atoms with van der Waals surface area (Å²) in [4.78, 5) is 10.8. The maximum atomic E-state index is 10.8. The number of ether oxygens (including phenoxy) is 1. The Bertz CT molecular complexity index is 192. The van der Waals surface area contributed by atoms with Crippen molar-refractivity contribution in [3.63, 3.8) is 0 Å². The Morgan fingerprint density at radius 2 is 2.07 bits per heavy atom. The van der Waals surface area contributed by atoms with Crippen molar-refractivity contribution in [2.24, 2.45) is 0 Å². The molecule has 2 N–H and O–H groups in total. The second-order valence-electron chi connectivity index (χ2n) is 4.20. The third kappa shape index (κ3) is 6.47. The van der Waals surface area contributed by atoms with Crippen molar-refractivity contribution in [3.05, 3.63) is 0 Å². The molecule has 0 bridgehead atoms. The summed E-state index contributed by atoms with van der Waals surface area (Å²) < 4.78 is 5.60. The highest BCUT2D eigenvalue weighted by Gasteiger charge is 2.19. The molecule has 0 aliphatic heterocycles. The van der Waals surface area contributed by atoms with Gasteiger partial charge in [0.2, 0.25) is 0 Å².